The SMILES string of the molecule is Cn1nc(C2CCC2)cc1NCc1cc2c(cc1O)OCO2. The second-order valence-electron chi connectivity index (χ2n) is 5.89. The predicted octanol–water partition coefficient (Wildman–Crippen LogP) is 2.73. The van der Waals surface area contributed by atoms with E-state index in [2.05, 4.69) is 16.5 Å². The molecule has 0 unspecified atom stereocenters. The lowest BCUT2D eigenvalue weighted by molar-refractivity contribution is 0.174. The van der Waals surface area contributed by atoms with Crippen LogP contribution in [0.5, 0.6) is 17.2 Å². The number of fused-ring (bicyclic) bond motifs is 1. The molecule has 1 aromatic heterocycles. The summed E-state index contributed by atoms with van der Waals surface area (Å²) >= 11 is 0. The molecule has 0 spiro atoms. The first-order valence-corrected chi connectivity index (χ1v) is 7.60. The van der Waals surface area contributed by atoms with E-state index in [1.54, 1.807) is 6.07 Å². The van der Waals surface area contributed by atoms with Crippen LogP contribution in [0.2, 0.25) is 0 Å². The Kier molecular flexibility index (Phi) is 3.10. The molecule has 2 N–H and O–H groups in total. The summed E-state index contributed by atoms with van der Waals surface area (Å²) in [4.78, 5) is 0. The van der Waals surface area contributed by atoms with E-state index in [-0.39, 0.29) is 12.5 Å². The van der Waals surface area contributed by atoms with Crippen LogP contribution in [0.4, 0.5) is 5.82 Å². The van der Waals surface area contributed by atoms with Gasteiger partial charge in [0.05, 0.1) is 5.69 Å². The van der Waals surface area contributed by atoms with Crippen LogP contribution in [0.1, 0.15) is 36.4 Å². The molecule has 1 aromatic carbocycles. The lowest BCUT2D eigenvalue weighted by Crippen LogP contribution is -2.09. The van der Waals surface area contributed by atoms with Crippen molar-refractivity contribution in [3.63, 3.8) is 0 Å². The van der Waals surface area contributed by atoms with Gasteiger partial charge in [-0.2, -0.15) is 5.10 Å². The number of phenols is 1. The van der Waals surface area contributed by atoms with Crippen molar-refractivity contribution in [3.8, 4) is 17.2 Å². The Hall–Kier alpha value is -2.37. The number of benzene rings is 1. The minimum absolute atomic E-state index is 0.206. The molecule has 0 saturated heterocycles. The zero-order valence-corrected chi connectivity index (χ0v) is 12.5. The average molecular weight is 301 g/mol. The second kappa shape index (κ2) is 5.12. The van der Waals surface area contributed by atoms with Crippen LogP contribution in [0.25, 0.3) is 0 Å². The highest BCUT2D eigenvalue weighted by atomic mass is 16.7. The molecule has 1 fully saturated rings. The summed E-state index contributed by atoms with van der Waals surface area (Å²) in [6.45, 7) is 0.713. The number of aromatic hydroxyl groups is 1. The molecule has 6 heteroatoms. The van der Waals surface area contributed by atoms with Gasteiger partial charge in [-0.25, -0.2) is 0 Å². The maximum atomic E-state index is 10.1. The van der Waals surface area contributed by atoms with Crippen LogP contribution < -0.4 is 14.8 Å². The summed E-state index contributed by atoms with van der Waals surface area (Å²) < 4.78 is 12.5. The van der Waals surface area contributed by atoms with Gasteiger partial charge in [0, 0.05) is 37.2 Å². The molecule has 1 aliphatic heterocycles. The molecule has 0 radical (unpaired) electrons. The Labute approximate surface area is 128 Å². The van der Waals surface area contributed by atoms with E-state index in [1.807, 2.05) is 17.8 Å². The molecule has 2 aliphatic rings. The molecule has 116 valence electrons. The van der Waals surface area contributed by atoms with Gasteiger partial charge in [-0.05, 0) is 18.9 Å². The van der Waals surface area contributed by atoms with Crippen molar-refractivity contribution in [2.45, 2.75) is 31.7 Å². The lowest BCUT2D eigenvalue weighted by Gasteiger charge is -2.22. The monoisotopic (exact) mass is 301 g/mol. The van der Waals surface area contributed by atoms with Gasteiger partial charge >= 0.3 is 0 Å². The Bertz CT molecular complexity index is 707. The number of aryl methyl sites for hydroxylation is 1. The summed E-state index contributed by atoms with van der Waals surface area (Å²) in [6.07, 6.45) is 3.77. The predicted molar refractivity (Wildman–Crippen MR) is 81.4 cm³/mol. The fourth-order valence-electron chi connectivity index (χ4n) is 2.86. The average Bonchev–Trinajstić information content (AvgIpc) is 3.01. The van der Waals surface area contributed by atoms with Crippen LogP contribution in [-0.2, 0) is 13.6 Å². The highest BCUT2D eigenvalue weighted by Gasteiger charge is 2.23. The van der Waals surface area contributed by atoms with Crippen LogP contribution in [0, 0.1) is 0 Å². The molecule has 0 atom stereocenters. The van der Waals surface area contributed by atoms with E-state index < -0.39 is 0 Å². The van der Waals surface area contributed by atoms with Gasteiger partial charge in [-0.1, -0.05) is 6.42 Å². The molecular formula is C16H19N3O3. The van der Waals surface area contributed by atoms with E-state index in [9.17, 15) is 5.11 Å². The molecule has 0 bridgehead atoms. The molecule has 2 heterocycles. The standard InChI is InChI=1S/C16H19N3O3/c1-19-16(6-12(18-19)10-3-2-4-10)17-8-11-5-14-15(7-13(11)20)22-9-21-14/h5-7,10,17,20H,2-4,8-9H2,1H3. The minimum Gasteiger partial charge on any atom is -0.507 e. The number of hydrogen-bond acceptors (Lipinski definition) is 5. The third kappa shape index (κ3) is 2.24. The lowest BCUT2D eigenvalue weighted by atomic mass is 9.83. The van der Waals surface area contributed by atoms with Crippen LogP contribution in [0.3, 0.4) is 0 Å². The maximum Gasteiger partial charge on any atom is 0.231 e. The zero-order valence-electron chi connectivity index (χ0n) is 12.5. The van der Waals surface area contributed by atoms with Crippen molar-refractivity contribution in [2.75, 3.05) is 12.1 Å². The van der Waals surface area contributed by atoms with E-state index in [0.717, 1.165) is 17.1 Å². The molecule has 1 saturated carbocycles. The first-order valence-electron chi connectivity index (χ1n) is 7.60. The summed E-state index contributed by atoms with van der Waals surface area (Å²) in [5.74, 6) is 3.04. The van der Waals surface area contributed by atoms with Crippen molar-refractivity contribution in [1.82, 2.24) is 9.78 Å². The first-order chi connectivity index (χ1) is 10.7. The van der Waals surface area contributed by atoms with Gasteiger partial charge in [-0.15, -0.1) is 0 Å². The van der Waals surface area contributed by atoms with E-state index in [0.29, 0.717) is 24.0 Å². The second-order valence-corrected chi connectivity index (χ2v) is 5.89. The summed E-state index contributed by atoms with van der Waals surface area (Å²) in [6, 6.07) is 5.52. The Morgan fingerprint density at radius 1 is 1.27 bits per heavy atom. The number of rotatable bonds is 4. The van der Waals surface area contributed by atoms with Crippen molar-refractivity contribution < 1.29 is 14.6 Å². The minimum atomic E-state index is 0.206. The summed E-state index contributed by atoms with van der Waals surface area (Å²) in [7, 11) is 1.93. The highest BCUT2D eigenvalue weighted by Crippen LogP contribution is 2.38. The normalized spacial score (nSPS) is 16.6. The number of phenolic OH excluding ortho intramolecular Hbond substituents is 1. The number of hydrogen-bond donors (Lipinski definition) is 2. The van der Waals surface area contributed by atoms with E-state index in [4.69, 9.17) is 9.47 Å². The third-order valence-corrected chi connectivity index (χ3v) is 4.46. The number of ether oxygens (including phenoxy) is 2. The van der Waals surface area contributed by atoms with Crippen LogP contribution in [0.15, 0.2) is 18.2 Å². The van der Waals surface area contributed by atoms with Gasteiger partial charge in [0.25, 0.3) is 0 Å². The van der Waals surface area contributed by atoms with Crippen molar-refractivity contribution in [3.05, 3.63) is 29.5 Å². The number of nitrogens with zero attached hydrogens (tertiary/aromatic N) is 2. The third-order valence-electron chi connectivity index (χ3n) is 4.46. The topological polar surface area (TPSA) is 68.5 Å². The molecule has 0 amide bonds. The van der Waals surface area contributed by atoms with Crippen molar-refractivity contribution in [2.24, 2.45) is 7.05 Å². The molecular weight excluding hydrogens is 282 g/mol. The fraction of sp³-hybridized carbons (Fsp3) is 0.438. The molecule has 2 aromatic rings. The largest absolute Gasteiger partial charge is 0.507 e. The van der Waals surface area contributed by atoms with Crippen LogP contribution in [-0.4, -0.2) is 21.7 Å². The molecule has 6 nitrogen and oxygen atoms in total. The van der Waals surface area contributed by atoms with E-state index >= 15 is 0 Å². The molecule has 1 aliphatic carbocycles. The Morgan fingerprint density at radius 3 is 2.77 bits per heavy atom. The molecule has 4 rings (SSSR count). The van der Waals surface area contributed by atoms with Gasteiger partial charge in [0.1, 0.15) is 11.6 Å². The van der Waals surface area contributed by atoms with Crippen molar-refractivity contribution >= 4 is 5.82 Å². The zero-order chi connectivity index (χ0) is 15.1. The summed E-state index contributed by atoms with van der Waals surface area (Å²) in [5.41, 5.74) is 1.93. The first kappa shape index (κ1) is 13.3. The van der Waals surface area contributed by atoms with E-state index in [1.165, 1.54) is 19.3 Å². The fourth-order valence-corrected chi connectivity index (χ4v) is 2.86. The van der Waals surface area contributed by atoms with Gasteiger partial charge < -0.3 is 19.9 Å². The number of anilines is 1. The van der Waals surface area contributed by atoms with Gasteiger partial charge in [0.2, 0.25) is 6.79 Å². The number of nitrogens with one attached hydrogen (secondary N) is 1. The highest BCUT2D eigenvalue weighted by molar-refractivity contribution is 5.52. The smallest absolute Gasteiger partial charge is 0.231 e. The molecule has 22 heavy (non-hydrogen) atoms. The van der Waals surface area contributed by atoms with Crippen molar-refractivity contribution in [1.29, 1.82) is 0 Å². The Balaban J connectivity index is 1.49. The Morgan fingerprint density at radius 2 is 2.05 bits per heavy atom. The number of aromatic nitrogens is 2. The van der Waals surface area contributed by atoms with Gasteiger partial charge in [0.15, 0.2) is 11.5 Å². The maximum absolute atomic E-state index is 10.1. The van der Waals surface area contributed by atoms with Crippen LogP contribution >= 0.6 is 0 Å². The van der Waals surface area contributed by atoms with Gasteiger partial charge in [-0.3, -0.25) is 4.68 Å². The summed E-state index contributed by atoms with van der Waals surface area (Å²) in [5, 5.41) is 18.0. The quantitative estimate of drug-likeness (QED) is 0.909.